The van der Waals surface area contributed by atoms with Gasteiger partial charge in [0.1, 0.15) is 11.4 Å². The molecule has 6 heteroatoms. The van der Waals surface area contributed by atoms with Gasteiger partial charge in [0, 0.05) is 23.1 Å². The summed E-state index contributed by atoms with van der Waals surface area (Å²) >= 11 is 0. The highest BCUT2D eigenvalue weighted by atomic mass is 16.5. The monoisotopic (exact) mass is 362 g/mol. The average Bonchev–Trinajstić information content (AvgIpc) is 2.65. The summed E-state index contributed by atoms with van der Waals surface area (Å²) in [5.41, 5.74) is 4.70. The van der Waals surface area contributed by atoms with Gasteiger partial charge in [0.2, 0.25) is 5.95 Å². The first-order valence-corrected chi connectivity index (χ1v) is 8.60. The number of carbonyl (C=O) groups is 1. The van der Waals surface area contributed by atoms with Gasteiger partial charge in [-0.05, 0) is 56.2 Å². The third-order valence-corrected chi connectivity index (χ3v) is 4.27. The first-order valence-electron chi connectivity index (χ1n) is 8.60. The summed E-state index contributed by atoms with van der Waals surface area (Å²) in [6.45, 7) is 5.81. The van der Waals surface area contributed by atoms with Crippen molar-refractivity contribution in [3.63, 3.8) is 0 Å². The Kier molecular flexibility index (Phi) is 5.35. The number of nitrogens with one attached hydrogen (secondary N) is 2. The van der Waals surface area contributed by atoms with Crippen LogP contribution < -0.4 is 15.4 Å². The smallest absolute Gasteiger partial charge is 0.274 e. The summed E-state index contributed by atoms with van der Waals surface area (Å²) < 4.78 is 5.22. The molecule has 0 bridgehead atoms. The molecule has 3 aromatic rings. The van der Waals surface area contributed by atoms with E-state index in [2.05, 4.69) is 20.6 Å². The number of hydrogen-bond donors (Lipinski definition) is 2. The number of carbonyl (C=O) groups excluding carboxylic acids is 1. The second-order valence-corrected chi connectivity index (χ2v) is 6.28. The van der Waals surface area contributed by atoms with Crippen LogP contribution in [-0.2, 0) is 0 Å². The number of amides is 1. The maximum atomic E-state index is 12.7. The molecule has 1 aromatic heterocycles. The highest BCUT2D eigenvalue weighted by Crippen LogP contribution is 2.21. The van der Waals surface area contributed by atoms with Gasteiger partial charge in [-0.2, -0.15) is 0 Å². The molecule has 0 aliphatic carbocycles. The fraction of sp³-hybridized carbons (Fsp3) is 0.190. The molecular weight excluding hydrogens is 340 g/mol. The van der Waals surface area contributed by atoms with Crippen molar-refractivity contribution < 1.29 is 9.53 Å². The summed E-state index contributed by atoms with van der Waals surface area (Å²) in [5, 5.41) is 6.04. The van der Waals surface area contributed by atoms with Gasteiger partial charge in [-0.25, -0.2) is 9.97 Å². The summed E-state index contributed by atoms with van der Waals surface area (Å²) in [4.78, 5) is 21.4. The van der Waals surface area contributed by atoms with Crippen LogP contribution in [0.2, 0.25) is 0 Å². The van der Waals surface area contributed by atoms with Gasteiger partial charge in [-0.1, -0.05) is 18.2 Å². The quantitative estimate of drug-likeness (QED) is 0.703. The number of ether oxygens (including phenoxy) is 1. The van der Waals surface area contributed by atoms with Crippen molar-refractivity contribution in [3.05, 3.63) is 71.0 Å². The van der Waals surface area contributed by atoms with E-state index >= 15 is 0 Å². The van der Waals surface area contributed by atoms with E-state index in [4.69, 9.17) is 4.74 Å². The second-order valence-electron chi connectivity index (χ2n) is 6.28. The molecule has 0 fully saturated rings. The van der Waals surface area contributed by atoms with Crippen LogP contribution in [0.5, 0.6) is 5.75 Å². The lowest BCUT2D eigenvalue weighted by Gasteiger charge is -2.12. The van der Waals surface area contributed by atoms with Crippen LogP contribution in [0, 0.1) is 20.8 Å². The Balaban J connectivity index is 1.84. The normalized spacial score (nSPS) is 10.4. The first-order chi connectivity index (χ1) is 13.0. The number of hydrogen-bond acceptors (Lipinski definition) is 5. The third kappa shape index (κ3) is 4.41. The highest BCUT2D eigenvalue weighted by molar-refractivity contribution is 6.03. The number of anilines is 3. The summed E-state index contributed by atoms with van der Waals surface area (Å²) in [7, 11) is 1.61. The highest BCUT2D eigenvalue weighted by Gasteiger charge is 2.13. The molecule has 0 radical (unpaired) electrons. The number of rotatable bonds is 5. The predicted molar refractivity (Wildman–Crippen MR) is 107 cm³/mol. The van der Waals surface area contributed by atoms with Crippen molar-refractivity contribution in [2.75, 3.05) is 17.7 Å². The SMILES string of the molecule is COc1cccc(Nc2nc(C)cc(C(=O)Nc3cccc(C)c3C)n2)c1. The summed E-state index contributed by atoms with van der Waals surface area (Å²) in [6.07, 6.45) is 0. The molecule has 1 heterocycles. The van der Waals surface area contributed by atoms with Crippen molar-refractivity contribution >= 4 is 23.2 Å². The zero-order valence-electron chi connectivity index (χ0n) is 15.8. The maximum absolute atomic E-state index is 12.7. The van der Waals surface area contributed by atoms with Crippen molar-refractivity contribution in [2.24, 2.45) is 0 Å². The Hall–Kier alpha value is -3.41. The fourth-order valence-electron chi connectivity index (χ4n) is 2.64. The Morgan fingerprint density at radius 1 is 1.00 bits per heavy atom. The number of aromatic nitrogens is 2. The van der Waals surface area contributed by atoms with Gasteiger partial charge in [0.15, 0.2) is 0 Å². The minimum atomic E-state index is -0.275. The zero-order chi connectivity index (χ0) is 19.4. The zero-order valence-corrected chi connectivity index (χ0v) is 15.8. The molecule has 0 atom stereocenters. The van der Waals surface area contributed by atoms with E-state index in [0.717, 1.165) is 28.3 Å². The lowest BCUT2D eigenvalue weighted by molar-refractivity contribution is 0.102. The Morgan fingerprint density at radius 3 is 2.56 bits per heavy atom. The first kappa shape index (κ1) is 18.4. The minimum Gasteiger partial charge on any atom is -0.497 e. The number of nitrogens with zero attached hydrogens (tertiary/aromatic N) is 2. The molecule has 1 amide bonds. The number of benzene rings is 2. The maximum Gasteiger partial charge on any atom is 0.274 e. The van der Waals surface area contributed by atoms with Crippen molar-refractivity contribution in [1.82, 2.24) is 9.97 Å². The van der Waals surface area contributed by atoms with Crippen LogP contribution in [0.3, 0.4) is 0 Å². The summed E-state index contributed by atoms with van der Waals surface area (Å²) in [6, 6.07) is 14.9. The topological polar surface area (TPSA) is 76.1 Å². The van der Waals surface area contributed by atoms with Crippen LogP contribution in [0.1, 0.15) is 27.3 Å². The largest absolute Gasteiger partial charge is 0.497 e. The van der Waals surface area contributed by atoms with E-state index in [1.54, 1.807) is 13.2 Å². The van der Waals surface area contributed by atoms with Crippen molar-refractivity contribution in [3.8, 4) is 5.75 Å². The molecule has 0 saturated carbocycles. The molecule has 0 unspecified atom stereocenters. The molecule has 138 valence electrons. The fourth-order valence-corrected chi connectivity index (χ4v) is 2.64. The lowest BCUT2D eigenvalue weighted by atomic mass is 10.1. The van der Waals surface area contributed by atoms with Gasteiger partial charge in [0.05, 0.1) is 7.11 Å². The van der Waals surface area contributed by atoms with E-state index in [0.29, 0.717) is 17.3 Å². The molecule has 0 spiro atoms. The minimum absolute atomic E-state index is 0.275. The lowest BCUT2D eigenvalue weighted by Crippen LogP contribution is -2.16. The molecule has 6 nitrogen and oxygen atoms in total. The number of aryl methyl sites for hydroxylation is 2. The Morgan fingerprint density at radius 2 is 1.78 bits per heavy atom. The van der Waals surface area contributed by atoms with Gasteiger partial charge >= 0.3 is 0 Å². The predicted octanol–water partition coefficient (Wildman–Crippen LogP) is 4.41. The molecule has 2 aromatic carbocycles. The van der Waals surface area contributed by atoms with Gasteiger partial charge in [-0.15, -0.1) is 0 Å². The third-order valence-electron chi connectivity index (χ3n) is 4.27. The standard InChI is InChI=1S/C21H22N4O2/c1-13-7-5-10-18(15(13)3)24-20(26)19-11-14(2)22-21(25-19)23-16-8-6-9-17(12-16)27-4/h5-12H,1-4H3,(H,24,26)(H,22,23,25). The van der Waals surface area contributed by atoms with E-state index in [9.17, 15) is 4.79 Å². The summed E-state index contributed by atoms with van der Waals surface area (Å²) in [5.74, 6) is 0.804. The van der Waals surface area contributed by atoms with Crippen LogP contribution in [0.25, 0.3) is 0 Å². The molecule has 27 heavy (non-hydrogen) atoms. The number of methoxy groups -OCH3 is 1. The Labute approximate surface area is 158 Å². The molecule has 0 aliphatic rings. The van der Waals surface area contributed by atoms with Crippen molar-refractivity contribution in [2.45, 2.75) is 20.8 Å². The van der Waals surface area contributed by atoms with E-state index in [1.165, 1.54) is 0 Å². The van der Waals surface area contributed by atoms with E-state index in [1.807, 2.05) is 63.2 Å². The molecule has 0 saturated heterocycles. The molecular formula is C21H22N4O2. The van der Waals surface area contributed by atoms with Crippen LogP contribution in [0.15, 0.2) is 48.5 Å². The van der Waals surface area contributed by atoms with Crippen LogP contribution >= 0.6 is 0 Å². The van der Waals surface area contributed by atoms with Crippen LogP contribution in [0.4, 0.5) is 17.3 Å². The van der Waals surface area contributed by atoms with Gasteiger partial charge in [-0.3, -0.25) is 4.79 Å². The molecule has 2 N–H and O–H groups in total. The van der Waals surface area contributed by atoms with Gasteiger partial charge in [0.25, 0.3) is 5.91 Å². The average molecular weight is 362 g/mol. The molecule has 0 aliphatic heterocycles. The van der Waals surface area contributed by atoms with E-state index in [-0.39, 0.29) is 5.91 Å². The Bertz CT molecular complexity index is 986. The van der Waals surface area contributed by atoms with E-state index < -0.39 is 0 Å². The second kappa shape index (κ2) is 7.86. The van der Waals surface area contributed by atoms with Gasteiger partial charge < -0.3 is 15.4 Å². The molecule has 3 rings (SSSR count). The van der Waals surface area contributed by atoms with Crippen molar-refractivity contribution in [1.29, 1.82) is 0 Å². The van der Waals surface area contributed by atoms with Crippen LogP contribution in [-0.4, -0.2) is 23.0 Å².